The van der Waals surface area contributed by atoms with E-state index < -0.39 is 0 Å². The summed E-state index contributed by atoms with van der Waals surface area (Å²) in [6, 6.07) is 69.4. The largest absolute Gasteiger partial charge is 0.510 e. The Morgan fingerprint density at radius 3 is 1.50 bits per heavy atom. The first-order valence-electron chi connectivity index (χ1n) is 22.2. The molecule has 0 N–H and O–H groups in total. The summed E-state index contributed by atoms with van der Waals surface area (Å²) in [6.45, 7) is 15.1. The Labute approximate surface area is 429 Å². The van der Waals surface area contributed by atoms with E-state index in [0.29, 0.717) is 22.9 Å². The number of pyridine rings is 2. The van der Waals surface area contributed by atoms with Gasteiger partial charge >= 0.3 is 0 Å². The Morgan fingerprint density at radius 1 is 0.471 bits per heavy atom. The van der Waals surface area contributed by atoms with Crippen LogP contribution < -0.4 is 34.1 Å². The number of rotatable bonds is 11. The van der Waals surface area contributed by atoms with Gasteiger partial charge in [0, 0.05) is 92.3 Å². The smallest absolute Gasteiger partial charge is 0.0326 e. The van der Waals surface area contributed by atoms with Crippen LogP contribution in [0, 0.1) is 50.3 Å². The first-order chi connectivity index (χ1) is 32.4. The average Bonchev–Trinajstić information content (AvgIpc) is 4.07. The van der Waals surface area contributed by atoms with Crippen molar-refractivity contribution in [3.05, 3.63) is 220 Å². The van der Waals surface area contributed by atoms with Crippen LogP contribution in [0.25, 0.3) is 11.4 Å². The zero-order valence-electron chi connectivity index (χ0n) is 37.9. The maximum absolute atomic E-state index is 6.08. The van der Waals surface area contributed by atoms with Gasteiger partial charge in [0.1, 0.15) is 0 Å². The minimum absolute atomic E-state index is 0. The van der Waals surface area contributed by atoms with Crippen LogP contribution in [-0.2, 0) is 41.2 Å². The molecule has 0 fully saturated rings. The number of hydrogen-bond acceptors (Lipinski definition) is 9. The fourth-order valence-corrected chi connectivity index (χ4v) is 8.32. The first kappa shape index (κ1) is 48.0. The molecule has 68 heavy (non-hydrogen) atoms. The molecule has 8 aromatic rings. The molecule has 0 aliphatic carbocycles. The fraction of sp³-hybridized carbons (Fsp3) is 0.140. The monoisotopic (exact) mass is 1250 g/mol. The number of anilines is 9. The Balaban J connectivity index is 0.000000179. The first-order valence-corrected chi connectivity index (χ1v) is 22.2. The average molecular weight is 1250 g/mol. The molecule has 2 aromatic heterocycles. The van der Waals surface area contributed by atoms with E-state index in [4.69, 9.17) is 4.74 Å². The number of hydrogen-bond donors (Lipinski definition) is 0. The maximum atomic E-state index is 6.08. The molecule has 11 rings (SSSR count). The minimum atomic E-state index is -0.0517. The molecule has 0 atom stereocenters. The van der Waals surface area contributed by atoms with Crippen LogP contribution in [0.4, 0.5) is 51.2 Å². The van der Waals surface area contributed by atoms with Gasteiger partial charge < -0.3 is 44.1 Å². The van der Waals surface area contributed by atoms with Gasteiger partial charge in [-0.1, -0.05) is 36.4 Å². The van der Waals surface area contributed by atoms with Crippen LogP contribution in [0.1, 0.15) is 33.6 Å². The second-order valence-corrected chi connectivity index (χ2v) is 17.0. The molecule has 0 saturated carbocycles. The van der Waals surface area contributed by atoms with Crippen molar-refractivity contribution in [1.29, 1.82) is 0 Å². The maximum Gasteiger partial charge on any atom is 0.0326 e. The molecular formula is C57H48IrN8OPt-8. The SMILES string of the molecule is CC(C)(C)N1[CH-]N(c2[c-]c(Oc3[c-]c(-c4[c-]cccn4)ncc3)ccc2)c2ccccc21.[Ir].[Pt].[c-]1ccccc1N1[CH-]N(CCCCN2[CH-]N(c3[c-]cccc3)c3ccccc32)c2ccccc21. The van der Waals surface area contributed by atoms with Crippen molar-refractivity contribution in [1.82, 2.24) is 9.97 Å². The standard InChI is InChI=1S/C30H26N4.C27H22N4O.Ir.Pt/c1-3-13-25(14-4-1)33-23-31(27-17-7-9-19-29(27)33)21-11-12-22-32-24-34(26-15-5-2-6-16-26)30-20-10-8-18-28(30)32;1-27(2,3)31-19-30(25-12-4-5-13-26(25)31)20-9-8-10-21(17-20)32-22-14-16-29-24(18-22)23-11-6-7-15-28-23;;/h1-10,13,15,17-20,23-24H,11-12,21-22H2;4-10,12-16,19H,1-3H3;;/q2*-4;;. The second-order valence-electron chi connectivity index (χ2n) is 17.0. The zero-order chi connectivity index (χ0) is 44.9. The van der Waals surface area contributed by atoms with E-state index in [2.05, 4.69) is 201 Å². The topological polar surface area (TPSA) is 54.5 Å². The van der Waals surface area contributed by atoms with E-state index in [-0.39, 0.29) is 46.7 Å². The Hall–Kier alpha value is -6.44. The summed E-state index contributed by atoms with van der Waals surface area (Å²) in [7, 11) is 0. The van der Waals surface area contributed by atoms with Crippen LogP contribution >= 0.6 is 0 Å². The molecule has 0 saturated heterocycles. The molecule has 3 aliphatic heterocycles. The van der Waals surface area contributed by atoms with Crippen molar-refractivity contribution in [2.24, 2.45) is 0 Å². The summed E-state index contributed by atoms with van der Waals surface area (Å²) >= 11 is 0. The number of ether oxygens (including phenoxy) is 1. The van der Waals surface area contributed by atoms with Gasteiger partial charge in [0.05, 0.1) is 0 Å². The van der Waals surface area contributed by atoms with E-state index in [0.717, 1.165) is 48.7 Å². The molecule has 0 bridgehead atoms. The molecule has 0 amide bonds. The van der Waals surface area contributed by atoms with Crippen LogP contribution in [0.5, 0.6) is 11.5 Å². The molecule has 0 spiro atoms. The third kappa shape index (κ3) is 10.5. The van der Waals surface area contributed by atoms with Gasteiger partial charge in [-0.3, -0.25) is 0 Å². The summed E-state index contributed by atoms with van der Waals surface area (Å²) in [4.78, 5) is 22.2. The molecule has 349 valence electrons. The van der Waals surface area contributed by atoms with E-state index in [1.165, 1.54) is 28.4 Å². The minimum Gasteiger partial charge on any atom is -0.510 e. The summed E-state index contributed by atoms with van der Waals surface area (Å²) in [5.41, 5.74) is 11.4. The van der Waals surface area contributed by atoms with Crippen molar-refractivity contribution in [2.45, 2.75) is 39.2 Å². The molecule has 11 heteroatoms. The van der Waals surface area contributed by atoms with Crippen molar-refractivity contribution in [3.63, 3.8) is 0 Å². The molecule has 1 radical (unpaired) electrons. The van der Waals surface area contributed by atoms with Crippen LogP contribution in [0.15, 0.2) is 170 Å². The molecule has 0 unspecified atom stereocenters. The van der Waals surface area contributed by atoms with Gasteiger partial charge in [0.15, 0.2) is 0 Å². The summed E-state index contributed by atoms with van der Waals surface area (Å²) in [5.74, 6) is 1.14. The van der Waals surface area contributed by atoms with E-state index in [1.807, 2.05) is 54.6 Å². The quantitative estimate of drug-likeness (QED) is 0.0931. The van der Waals surface area contributed by atoms with Crippen LogP contribution in [-0.4, -0.2) is 28.6 Å². The van der Waals surface area contributed by atoms with Gasteiger partial charge in [0.25, 0.3) is 0 Å². The van der Waals surface area contributed by atoms with Crippen LogP contribution in [0.2, 0.25) is 0 Å². The van der Waals surface area contributed by atoms with Crippen LogP contribution in [0.3, 0.4) is 0 Å². The summed E-state index contributed by atoms with van der Waals surface area (Å²) in [5, 5.41) is 0. The molecular weight excluding hydrogens is 1200 g/mol. The van der Waals surface area contributed by atoms with E-state index in [1.54, 1.807) is 24.5 Å². The van der Waals surface area contributed by atoms with Crippen molar-refractivity contribution in [3.8, 4) is 22.9 Å². The fourth-order valence-electron chi connectivity index (χ4n) is 8.32. The second kappa shape index (κ2) is 21.7. The third-order valence-corrected chi connectivity index (χ3v) is 11.5. The van der Waals surface area contributed by atoms with E-state index in [9.17, 15) is 0 Å². The predicted molar refractivity (Wildman–Crippen MR) is 266 cm³/mol. The van der Waals surface area contributed by atoms with Crippen molar-refractivity contribution in [2.75, 3.05) is 42.5 Å². The summed E-state index contributed by atoms with van der Waals surface area (Å²) in [6.07, 6.45) is 5.58. The van der Waals surface area contributed by atoms with E-state index >= 15 is 0 Å². The number of aromatic nitrogens is 2. The molecule has 5 heterocycles. The predicted octanol–water partition coefficient (Wildman–Crippen LogP) is 13.1. The Morgan fingerprint density at radius 2 is 0.956 bits per heavy atom. The normalized spacial score (nSPS) is 13.5. The number of unbranched alkanes of at least 4 members (excludes halogenated alkanes) is 1. The van der Waals surface area contributed by atoms with Crippen molar-refractivity contribution >= 4 is 51.2 Å². The van der Waals surface area contributed by atoms with Gasteiger partial charge in [0.2, 0.25) is 0 Å². The Bertz CT molecular complexity index is 2790. The van der Waals surface area contributed by atoms with Crippen molar-refractivity contribution < 1.29 is 45.9 Å². The van der Waals surface area contributed by atoms with Gasteiger partial charge in [-0.15, -0.1) is 58.8 Å². The molecule has 6 aromatic carbocycles. The number of nitrogens with zero attached hydrogens (tertiary/aromatic N) is 8. The van der Waals surface area contributed by atoms with Gasteiger partial charge in [-0.2, -0.15) is 98.9 Å². The molecule has 3 aliphatic rings. The number of fused-ring (bicyclic) bond motifs is 3. The zero-order valence-corrected chi connectivity index (χ0v) is 42.5. The molecule has 9 nitrogen and oxygen atoms in total. The summed E-state index contributed by atoms with van der Waals surface area (Å²) < 4.78 is 6.08. The van der Waals surface area contributed by atoms with Gasteiger partial charge in [-0.25, -0.2) is 6.07 Å². The number of benzene rings is 6. The number of para-hydroxylation sites is 8. The third-order valence-electron chi connectivity index (χ3n) is 11.5. The Kier molecular flexibility index (Phi) is 15.3. The van der Waals surface area contributed by atoms with Gasteiger partial charge in [-0.05, 0) is 95.5 Å².